The fourth-order valence-corrected chi connectivity index (χ4v) is 3.00. The molecule has 0 aliphatic carbocycles. The summed E-state index contributed by atoms with van der Waals surface area (Å²) in [5.74, 6) is 0. The summed E-state index contributed by atoms with van der Waals surface area (Å²) in [6.07, 6.45) is 0.687. The molecule has 0 spiro atoms. The molecule has 2 aliphatic rings. The molecule has 0 radical (unpaired) electrons. The normalized spacial score (nSPS) is 22.7. The molecule has 2 heterocycles. The Morgan fingerprint density at radius 3 is 2.95 bits per heavy atom. The van der Waals surface area contributed by atoms with Gasteiger partial charge in [-0.2, -0.15) is 0 Å². The van der Waals surface area contributed by atoms with Crippen LogP contribution in [0, 0.1) is 10.1 Å². The molecular formula is C14H17N3O4. The molecule has 1 aromatic carbocycles. The highest BCUT2D eigenvalue weighted by molar-refractivity contribution is 5.86. The third kappa shape index (κ3) is 2.74. The van der Waals surface area contributed by atoms with Gasteiger partial charge in [0.1, 0.15) is 0 Å². The zero-order valence-corrected chi connectivity index (χ0v) is 11.6. The second kappa shape index (κ2) is 5.79. The number of nitro groups is 1. The third-order valence-corrected chi connectivity index (χ3v) is 4.13. The fraction of sp³-hybridized carbons (Fsp3) is 0.500. The van der Waals surface area contributed by atoms with Gasteiger partial charge >= 0.3 is 0 Å². The number of anilines is 1. The van der Waals surface area contributed by atoms with Crippen molar-refractivity contribution < 1.29 is 14.5 Å². The number of piperazine rings is 1. The fourth-order valence-electron chi connectivity index (χ4n) is 3.00. The molecule has 0 aromatic heterocycles. The molecule has 2 fully saturated rings. The number of non-ortho nitro benzene ring substituents is 1. The molecule has 0 bridgehead atoms. The van der Waals surface area contributed by atoms with E-state index in [1.54, 1.807) is 6.07 Å². The van der Waals surface area contributed by atoms with Gasteiger partial charge in [0.25, 0.3) is 5.69 Å². The van der Waals surface area contributed by atoms with Crippen molar-refractivity contribution in [3.05, 3.63) is 33.9 Å². The number of hydrogen-bond acceptors (Lipinski definition) is 6. The van der Waals surface area contributed by atoms with Crippen molar-refractivity contribution >= 4 is 17.7 Å². The van der Waals surface area contributed by atoms with Gasteiger partial charge < -0.3 is 9.64 Å². The monoisotopic (exact) mass is 291 g/mol. The maximum absolute atomic E-state index is 11.2. The molecule has 21 heavy (non-hydrogen) atoms. The largest absolute Gasteiger partial charge is 0.378 e. The lowest BCUT2D eigenvalue weighted by atomic mass is 10.1. The number of nitro benzene ring substituents is 1. The van der Waals surface area contributed by atoms with E-state index in [-0.39, 0.29) is 5.69 Å². The molecule has 2 saturated heterocycles. The number of nitrogens with zero attached hydrogens (tertiary/aromatic N) is 3. The SMILES string of the molecule is O=Cc1cc([N+](=O)[O-])ccc1N1CCN2CCOC[C@@H]2C1. The smallest absolute Gasteiger partial charge is 0.270 e. The third-order valence-electron chi connectivity index (χ3n) is 4.13. The lowest BCUT2D eigenvalue weighted by Crippen LogP contribution is -2.58. The minimum absolute atomic E-state index is 0.0551. The van der Waals surface area contributed by atoms with Crippen LogP contribution in [0.25, 0.3) is 0 Å². The van der Waals surface area contributed by atoms with Crippen LogP contribution in [-0.2, 0) is 4.74 Å². The van der Waals surface area contributed by atoms with E-state index in [9.17, 15) is 14.9 Å². The van der Waals surface area contributed by atoms with Crippen LogP contribution < -0.4 is 4.90 Å². The first-order chi connectivity index (χ1) is 10.2. The highest BCUT2D eigenvalue weighted by atomic mass is 16.6. The van der Waals surface area contributed by atoms with E-state index in [0.717, 1.165) is 38.5 Å². The standard InChI is InChI=1S/C14H17N3O4/c18-9-11-7-12(17(19)20)1-2-14(11)16-4-3-15-5-6-21-10-13(15)8-16/h1-2,7,9,13H,3-6,8,10H2/t13-/m0/s1. The van der Waals surface area contributed by atoms with Crippen molar-refractivity contribution in [2.75, 3.05) is 44.3 Å². The molecular weight excluding hydrogens is 274 g/mol. The van der Waals surface area contributed by atoms with Gasteiger partial charge in [-0.05, 0) is 6.07 Å². The van der Waals surface area contributed by atoms with E-state index in [2.05, 4.69) is 9.80 Å². The van der Waals surface area contributed by atoms with Crippen LogP contribution in [0.15, 0.2) is 18.2 Å². The summed E-state index contributed by atoms with van der Waals surface area (Å²) in [5.41, 5.74) is 1.08. The quantitative estimate of drug-likeness (QED) is 0.468. The Kier molecular flexibility index (Phi) is 3.85. The zero-order chi connectivity index (χ0) is 14.8. The summed E-state index contributed by atoms with van der Waals surface area (Å²) >= 11 is 0. The second-order valence-electron chi connectivity index (χ2n) is 5.33. The number of carbonyl (C=O) groups excluding carboxylic acids is 1. The lowest BCUT2D eigenvalue weighted by molar-refractivity contribution is -0.384. The van der Waals surface area contributed by atoms with Crippen molar-refractivity contribution in [2.45, 2.75) is 6.04 Å². The van der Waals surface area contributed by atoms with E-state index >= 15 is 0 Å². The van der Waals surface area contributed by atoms with Crippen LogP contribution in [0.3, 0.4) is 0 Å². The zero-order valence-electron chi connectivity index (χ0n) is 11.6. The summed E-state index contributed by atoms with van der Waals surface area (Å²) in [4.78, 5) is 26.1. The minimum atomic E-state index is -0.482. The second-order valence-corrected chi connectivity index (χ2v) is 5.33. The van der Waals surface area contributed by atoms with E-state index in [4.69, 9.17) is 4.74 Å². The molecule has 1 atom stereocenters. The molecule has 2 aliphatic heterocycles. The molecule has 1 aromatic rings. The molecule has 3 rings (SSSR count). The number of rotatable bonds is 3. The first-order valence-corrected chi connectivity index (χ1v) is 6.99. The van der Waals surface area contributed by atoms with E-state index in [1.807, 2.05) is 0 Å². The van der Waals surface area contributed by atoms with E-state index < -0.39 is 4.92 Å². The number of ether oxygens (including phenoxy) is 1. The first-order valence-electron chi connectivity index (χ1n) is 6.99. The number of morpholine rings is 1. The van der Waals surface area contributed by atoms with E-state index in [0.29, 0.717) is 24.5 Å². The summed E-state index contributed by atoms with van der Waals surface area (Å²) in [7, 11) is 0. The Morgan fingerprint density at radius 1 is 1.33 bits per heavy atom. The van der Waals surface area contributed by atoms with Gasteiger partial charge in [0.05, 0.1) is 24.2 Å². The summed E-state index contributed by atoms with van der Waals surface area (Å²) in [6.45, 7) is 4.92. The van der Waals surface area contributed by atoms with Crippen molar-refractivity contribution in [3.63, 3.8) is 0 Å². The highest BCUT2D eigenvalue weighted by Crippen LogP contribution is 2.27. The molecule has 0 N–H and O–H groups in total. The Hall–Kier alpha value is -1.99. The highest BCUT2D eigenvalue weighted by Gasteiger charge is 2.30. The van der Waals surface area contributed by atoms with Gasteiger partial charge in [-0.25, -0.2) is 0 Å². The Morgan fingerprint density at radius 2 is 2.19 bits per heavy atom. The number of benzene rings is 1. The predicted molar refractivity (Wildman–Crippen MR) is 76.9 cm³/mol. The van der Waals surface area contributed by atoms with Gasteiger partial charge in [-0.1, -0.05) is 0 Å². The summed E-state index contributed by atoms with van der Waals surface area (Å²) in [6, 6.07) is 4.78. The molecule has 0 amide bonds. The van der Waals surface area contributed by atoms with Crippen molar-refractivity contribution in [2.24, 2.45) is 0 Å². The summed E-state index contributed by atoms with van der Waals surface area (Å²) in [5, 5.41) is 10.8. The maximum atomic E-state index is 11.2. The molecule has 0 unspecified atom stereocenters. The minimum Gasteiger partial charge on any atom is -0.378 e. The predicted octanol–water partition coefficient (Wildman–Crippen LogP) is 0.928. The molecule has 112 valence electrons. The Balaban J connectivity index is 1.83. The number of hydrogen-bond donors (Lipinski definition) is 0. The molecule has 7 heteroatoms. The molecule has 7 nitrogen and oxygen atoms in total. The lowest BCUT2D eigenvalue weighted by Gasteiger charge is -2.44. The Labute approximate surface area is 122 Å². The molecule has 0 saturated carbocycles. The van der Waals surface area contributed by atoms with Gasteiger partial charge in [0.2, 0.25) is 0 Å². The number of fused-ring (bicyclic) bond motifs is 1. The summed E-state index contributed by atoms with van der Waals surface area (Å²) < 4.78 is 5.50. The van der Waals surface area contributed by atoms with Gasteiger partial charge in [-0.3, -0.25) is 19.8 Å². The van der Waals surface area contributed by atoms with Gasteiger partial charge in [0, 0.05) is 49.6 Å². The van der Waals surface area contributed by atoms with Crippen molar-refractivity contribution in [1.82, 2.24) is 4.90 Å². The number of aldehydes is 1. The van der Waals surface area contributed by atoms with Gasteiger partial charge in [-0.15, -0.1) is 0 Å². The van der Waals surface area contributed by atoms with Crippen LogP contribution in [0.4, 0.5) is 11.4 Å². The van der Waals surface area contributed by atoms with Crippen LogP contribution >= 0.6 is 0 Å². The van der Waals surface area contributed by atoms with Crippen LogP contribution in [0.5, 0.6) is 0 Å². The average molecular weight is 291 g/mol. The first kappa shape index (κ1) is 14.0. The van der Waals surface area contributed by atoms with Crippen LogP contribution in [0.2, 0.25) is 0 Å². The van der Waals surface area contributed by atoms with Crippen LogP contribution in [-0.4, -0.2) is 61.5 Å². The van der Waals surface area contributed by atoms with Gasteiger partial charge in [0.15, 0.2) is 6.29 Å². The maximum Gasteiger partial charge on any atom is 0.270 e. The topological polar surface area (TPSA) is 75.9 Å². The van der Waals surface area contributed by atoms with Crippen molar-refractivity contribution in [3.8, 4) is 0 Å². The number of carbonyl (C=O) groups is 1. The average Bonchev–Trinajstić information content (AvgIpc) is 2.53. The Bertz CT molecular complexity index is 563. The van der Waals surface area contributed by atoms with Crippen molar-refractivity contribution in [1.29, 1.82) is 0 Å². The van der Waals surface area contributed by atoms with Crippen LogP contribution in [0.1, 0.15) is 10.4 Å². The van der Waals surface area contributed by atoms with E-state index in [1.165, 1.54) is 12.1 Å².